The minimum atomic E-state index is 0.331. The van der Waals surface area contributed by atoms with Crippen molar-refractivity contribution in [3.8, 4) is 0 Å². The summed E-state index contributed by atoms with van der Waals surface area (Å²) in [6.45, 7) is 2.70. The first kappa shape index (κ1) is 14.5. The number of likely N-dealkylation sites (tertiary alicyclic amines) is 1. The Morgan fingerprint density at radius 1 is 1.33 bits per heavy atom. The molecule has 3 heterocycles. The zero-order valence-electron chi connectivity index (χ0n) is 12.1. The van der Waals surface area contributed by atoms with Crippen molar-refractivity contribution in [2.45, 2.75) is 30.3 Å². The van der Waals surface area contributed by atoms with E-state index in [1.54, 1.807) is 18.0 Å². The summed E-state index contributed by atoms with van der Waals surface area (Å²) < 4.78 is 0. The predicted molar refractivity (Wildman–Crippen MR) is 86.0 cm³/mol. The molecule has 0 aliphatic carbocycles. The van der Waals surface area contributed by atoms with Crippen LogP contribution in [0.2, 0.25) is 0 Å². The third-order valence-corrected chi connectivity index (χ3v) is 4.51. The van der Waals surface area contributed by atoms with E-state index in [9.17, 15) is 0 Å². The van der Waals surface area contributed by atoms with Crippen molar-refractivity contribution in [2.24, 2.45) is 5.73 Å². The molecular weight excluding hydrogens is 284 g/mol. The minimum Gasteiger partial charge on any atom is -0.382 e. The number of thioether (sulfide) groups is 1. The maximum absolute atomic E-state index is 6.02. The lowest BCUT2D eigenvalue weighted by Crippen LogP contribution is -2.39. The SMILES string of the molecule is CSc1cnc2c(N)nc(CN3CCC(N)CC3)nc2c1. The van der Waals surface area contributed by atoms with Gasteiger partial charge >= 0.3 is 0 Å². The second-order valence-electron chi connectivity index (χ2n) is 5.38. The van der Waals surface area contributed by atoms with Gasteiger partial charge in [0, 0.05) is 30.2 Å². The monoisotopic (exact) mass is 304 g/mol. The van der Waals surface area contributed by atoms with Crippen LogP contribution in [-0.4, -0.2) is 45.2 Å². The first-order valence-corrected chi connectivity index (χ1v) is 8.32. The number of nitrogens with two attached hydrogens (primary N) is 2. The van der Waals surface area contributed by atoms with Crippen LogP contribution in [0.3, 0.4) is 0 Å². The number of pyridine rings is 1. The van der Waals surface area contributed by atoms with Crippen LogP contribution in [0, 0.1) is 0 Å². The highest BCUT2D eigenvalue weighted by atomic mass is 32.2. The zero-order chi connectivity index (χ0) is 14.8. The van der Waals surface area contributed by atoms with E-state index in [-0.39, 0.29) is 0 Å². The minimum absolute atomic E-state index is 0.331. The van der Waals surface area contributed by atoms with Crippen molar-refractivity contribution in [1.82, 2.24) is 19.9 Å². The molecule has 1 saturated heterocycles. The number of nitrogens with zero attached hydrogens (tertiary/aromatic N) is 4. The summed E-state index contributed by atoms with van der Waals surface area (Å²) in [5.41, 5.74) is 13.4. The molecule has 0 amide bonds. The van der Waals surface area contributed by atoms with Gasteiger partial charge in [0.25, 0.3) is 0 Å². The van der Waals surface area contributed by atoms with Gasteiger partial charge in [0.2, 0.25) is 0 Å². The lowest BCUT2D eigenvalue weighted by Gasteiger charge is -2.29. The number of rotatable bonds is 3. The van der Waals surface area contributed by atoms with E-state index >= 15 is 0 Å². The van der Waals surface area contributed by atoms with Crippen LogP contribution in [0.1, 0.15) is 18.7 Å². The summed E-state index contributed by atoms with van der Waals surface area (Å²) in [5.74, 6) is 1.21. The molecule has 4 N–H and O–H groups in total. The van der Waals surface area contributed by atoms with Crippen molar-refractivity contribution in [3.05, 3.63) is 18.1 Å². The molecule has 2 aromatic heterocycles. The summed E-state index contributed by atoms with van der Waals surface area (Å²) in [5, 5.41) is 0. The Bertz CT molecular complexity index is 639. The highest BCUT2D eigenvalue weighted by Gasteiger charge is 2.17. The fraction of sp³-hybridized carbons (Fsp3) is 0.500. The van der Waals surface area contributed by atoms with Gasteiger partial charge < -0.3 is 11.5 Å². The summed E-state index contributed by atoms with van der Waals surface area (Å²) in [7, 11) is 0. The molecular formula is C14H20N6S. The standard InChI is InChI=1S/C14H20N6S/c1-21-10-6-11-13(17-7-10)14(16)19-12(18-11)8-20-4-2-9(15)3-5-20/h6-7,9H,2-5,8,15H2,1H3,(H2,16,18,19). The van der Waals surface area contributed by atoms with Crippen LogP contribution in [-0.2, 0) is 6.54 Å². The number of hydrogen-bond acceptors (Lipinski definition) is 7. The number of piperidine rings is 1. The molecule has 0 unspecified atom stereocenters. The first-order chi connectivity index (χ1) is 10.2. The van der Waals surface area contributed by atoms with Crippen LogP contribution in [0.5, 0.6) is 0 Å². The maximum atomic E-state index is 6.02. The third-order valence-electron chi connectivity index (χ3n) is 3.82. The lowest BCUT2D eigenvalue weighted by atomic mass is 10.1. The van der Waals surface area contributed by atoms with Gasteiger partial charge in [0.15, 0.2) is 5.82 Å². The molecule has 2 aromatic rings. The van der Waals surface area contributed by atoms with E-state index in [1.807, 2.05) is 12.3 Å². The van der Waals surface area contributed by atoms with Crippen LogP contribution >= 0.6 is 11.8 Å². The molecule has 0 saturated carbocycles. The molecule has 7 heteroatoms. The van der Waals surface area contributed by atoms with Crippen LogP contribution < -0.4 is 11.5 Å². The molecule has 1 aliphatic rings. The summed E-state index contributed by atoms with van der Waals surface area (Å²) >= 11 is 1.64. The average molecular weight is 304 g/mol. The molecule has 1 fully saturated rings. The Labute approximate surface area is 128 Å². The van der Waals surface area contributed by atoms with E-state index in [2.05, 4.69) is 19.9 Å². The highest BCUT2D eigenvalue weighted by molar-refractivity contribution is 7.98. The van der Waals surface area contributed by atoms with E-state index < -0.39 is 0 Å². The Morgan fingerprint density at radius 2 is 2.10 bits per heavy atom. The molecule has 0 radical (unpaired) electrons. The van der Waals surface area contributed by atoms with Crippen LogP contribution in [0.4, 0.5) is 5.82 Å². The van der Waals surface area contributed by atoms with Gasteiger partial charge in [-0.05, 0) is 25.2 Å². The normalized spacial score (nSPS) is 17.4. The second kappa shape index (κ2) is 6.13. The predicted octanol–water partition coefficient (Wildman–Crippen LogP) is 1.25. The van der Waals surface area contributed by atoms with Crippen molar-refractivity contribution in [2.75, 3.05) is 25.1 Å². The van der Waals surface area contributed by atoms with Crippen LogP contribution in [0.15, 0.2) is 17.2 Å². The Balaban J connectivity index is 1.85. The molecule has 0 spiro atoms. The molecule has 0 atom stereocenters. The smallest absolute Gasteiger partial charge is 0.153 e. The summed E-state index contributed by atoms with van der Waals surface area (Å²) in [6.07, 6.45) is 5.88. The number of fused-ring (bicyclic) bond motifs is 1. The van der Waals surface area contributed by atoms with Gasteiger partial charge in [-0.25, -0.2) is 15.0 Å². The van der Waals surface area contributed by atoms with Gasteiger partial charge in [0.1, 0.15) is 11.3 Å². The first-order valence-electron chi connectivity index (χ1n) is 7.10. The van der Waals surface area contributed by atoms with Gasteiger partial charge in [-0.3, -0.25) is 4.90 Å². The second-order valence-corrected chi connectivity index (χ2v) is 6.26. The Kier molecular flexibility index (Phi) is 4.23. The molecule has 112 valence electrons. The molecule has 0 aromatic carbocycles. The van der Waals surface area contributed by atoms with Crippen molar-refractivity contribution in [3.63, 3.8) is 0 Å². The Morgan fingerprint density at radius 3 is 2.81 bits per heavy atom. The molecule has 3 rings (SSSR count). The van der Waals surface area contributed by atoms with E-state index in [1.165, 1.54) is 0 Å². The molecule has 0 bridgehead atoms. The van der Waals surface area contributed by atoms with Gasteiger partial charge in [0.05, 0.1) is 12.1 Å². The number of anilines is 1. The van der Waals surface area contributed by atoms with Crippen molar-refractivity contribution < 1.29 is 0 Å². The van der Waals surface area contributed by atoms with E-state index in [0.29, 0.717) is 17.4 Å². The third kappa shape index (κ3) is 3.25. The largest absolute Gasteiger partial charge is 0.382 e. The fourth-order valence-electron chi connectivity index (χ4n) is 2.57. The quantitative estimate of drug-likeness (QED) is 0.824. The van der Waals surface area contributed by atoms with Crippen LogP contribution in [0.25, 0.3) is 11.0 Å². The highest BCUT2D eigenvalue weighted by Crippen LogP contribution is 2.22. The average Bonchev–Trinajstić information content (AvgIpc) is 2.49. The zero-order valence-corrected chi connectivity index (χ0v) is 12.9. The molecule has 1 aliphatic heterocycles. The van der Waals surface area contributed by atoms with Gasteiger partial charge in [-0.15, -0.1) is 11.8 Å². The number of hydrogen-bond donors (Lipinski definition) is 2. The van der Waals surface area contributed by atoms with E-state index in [4.69, 9.17) is 11.5 Å². The molecule has 6 nitrogen and oxygen atoms in total. The topological polar surface area (TPSA) is 94.0 Å². The Hall–Kier alpha value is -1.44. The number of nitrogen functional groups attached to an aromatic ring is 1. The van der Waals surface area contributed by atoms with Gasteiger partial charge in [-0.2, -0.15) is 0 Å². The maximum Gasteiger partial charge on any atom is 0.153 e. The van der Waals surface area contributed by atoms with Gasteiger partial charge in [-0.1, -0.05) is 0 Å². The molecule has 21 heavy (non-hydrogen) atoms. The van der Waals surface area contributed by atoms with Crippen molar-refractivity contribution in [1.29, 1.82) is 0 Å². The summed E-state index contributed by atoms with van der Waals surface area (Å²) in [4.78, 5) is 16.8. The number of aromatic nitrogens is 3. The van der Waals surface area contributed by atoms with Crippen molar-refractivity contribution >= 4 is 28.6 Å². The lowest BCUT2D eigenvalue weighted by molar-refractivity contribution is 0.201. The fourth-order valence-corrected chi connectivity index (χ4v) is 2.95. The summed E-state index contributed by atoms with van der Waals surface area (Å²) in [6, 6.07) is 2.35. The van der Waals surface area contributed by atoms with E-state index in [0.717, 1.165) is 48.7 Å².